The lowest BCUT2D eigenvalue weighted by atomic mass is 9.82. The predicted octanol–water partition coefficient (Wildman–Crippen LogP) is 3.16. The van der Waals surface area contributed by atoms with Crippen molar-refractivity contribution in [2.45, 2.75) is 68.9 Å². The van der Waals surface area contributed by atoms with E-state index in [2.05, 4.69) is 0 Å². The molecule has 4 aliphatic rings. The van der Waals surface area contributed by atoms with Gasteiger partial charge in [0.05, 0.1) is 13.1 Å². The molecule has 11 heteroatoms. The van der Waals surface area contributed by atoms with Crippen molar-refractivity contribution in [2.24, 2.45) is 5.92 Å². The second-order valence-electron chi connectivity index (χ2n) is 11.9. The average molecular weight is 605 g/mol. The molecule has 0 aromatic heterocycles. The molecule has 3 saturated heterocycles. The van der Waals surface area contributed by atoms with Crippen molar-refractivity contribution >= 4 is 17.8 Å². The van der Waals surface area contributed by atoms with Gasteiger partial charge in [-0.2, -0.15) is 13.2 Å². The Hall–Kier alpha value is -3.44. The molecule has 0 unspecified atom stereocenters. The summed E-state index contributed by atoms with van der Waals surface area (Å²) in [4.78, 5) is 37.8. The fourth-order valence-electron chi connectivity index (χ4n) is 6.63. The number of carboxylic acids is 1. The van der Waals surface area contributed by atoms with Gasteiger partial charge in [-0.1, -0.05) is 79.9 Å². The summed E-state index contributed by atoms with van der Waals surface area (Å²) in [6.07, 6.45) is 2.25. The quantitative estimate of drug-likeness (QED) is 0.385. The van der Waals surface area contributed by atoms with Gasteiger partial charge in [0.1, 0.15) is 12.5 Å². The number of ether oxygens (including phenoxy) is 1. The van der Waals surface area contributed by atoms with Gasteiger partial charge in [0.15, 0.2) is 12.6 Å². The number of carbonyl (C=O) groups is 3. The summed E-state index contributed by atoms with van der Waals surface area (Å²) in [6, 6.07) is 18.4. The van der Waals surface area contributed by atoms with Crippen LogP contribution >= 0.6 is 0 Å². The molecule has 234 valence electrons. The molecule has 6 rings (SSSR count). The van der Waals surface area contributed by atoms with Crippen molar-refractivity contribution in [3.8, 4) is 0 Å². The highest BCUT2D eigenvalue weighted by Gasteiger charge is 2.51. The summed E-state index contributed by atoms with van der Waals surface area (Å²) < 4.78 is 38.4. The SMILES string of the molecule is CN(C(=O)C[N+]12CCC(CC1)[C@@H](OC(=O)C(O)(c1ccccc1)c1ccccc1)C2)C1CCCCC1.O=C([O-])C(F)(F)F. The maximum atomic E-state index is 13.7. The van der Waals surface area contributed by atoms with Crippen LogP contribution in [0.5, 0.6) is 0 Å². The van der Waals surface area contributed by atoms with E-state index < -0.39 is 23.7 Å². The zero-order valence-electron chi connectivity index (χ0n) is 24.3. The number of amides is 1. The van der Waals surface area contributed by atoms with Crippen molar-refractivity contribution < 1.29 is 47.0 Å². The van der Waals surface area contributed by atoms with E-state index in [9.17, 15) is 27.9 Å². The Kier molecular flexibility index (Phi) is 10.2. The third-order valence-corrected chi connectivity index (χ3v) is 9.20. The Morgan fingerprint density at radius 2 is 1.40 bits per heavy atom. The lowest BCUT2D eigenvalue weighted by Gasteiger charge is -2.52. The number of esters is 1. The van der Waals surface area contributed by atoms with Gasteiger partial charge in [-0.3, -0.25) is 4.79 Å². The van der Waals surface area contributed by atoms with Crippen molar-refractivity contribution in [3.63, 3.8) is 0 Å². The molecule has 1 atom stereocenters. The van der Waals surface area contributed by atoms with Gasteiger partial charge in [-0.25, -0.2) is 4.79 Å². The number of quaternary nitrogens is 1. The molecule has 1 N–H and O–H groups in total. The van der Waals surface area contributed by atoms with Crippen LogP contribution in [-0.2, 0) is 24.7 Å². The van der Waals surface area contributed by atoms with Crippen LogP contribution in [0.2, 0.25) is 0 Å². The molecule has 3 aliphatic heterocycles. The molecule has 0 spiro atoms. The van der Waals surface area contributed by atoms with Gasteiger partial charge in [-0.15, -0.1) is 0 Å². The summed E-state index contributed by atoms with van der Waals surface area (Å²) in [6.45, 7) is 3.00. The lowest BCUT2D eigenvalue weighted by Crippen LogP contribution is -2.67. The first kappa shape index (κ1) is 32.5. The summed E-state index contributed by atoms with van der Waals surface area (Å²) in [5.41, 5.74) is -0.887. The minimum absolute atomic E-state index is 0.206. The fourth-order valence-corrected chi connectivity index (χ4v) is 6.63. The first-order valence-corrected chi connectivity index (χ1v) is 14.8. The molecule has 43 heavy (non-hydrogen) atoms. The highest BCUT2D eigenvalue weighted by atomic mass is 19.4. The maximum Gasteiger partial charge on any atom is 0.430 e. The number of piperidine rings is 3. The average Bonchev–Trinajstić information content (AvgIpc) is 3.01. The van der Waals surface area contributed by atoms with E-state index in [1.54, 1.807) is 24.3 Å². The monoisotopic (exact) mass is 604 g/mol. The van der Waals surface area contributed by atoms with Crippen LogP contribution in [0.3, 0.4) is 0 Å². The zero-order chi connectivity index (χ0) is 31.3. The number of nitrogens with zero attached hydrogens (tertiary/aromatic N) is 2. The van der Waals surface area contributed by atoms with E-state index in [0.29, 0.717) is 34.7 Å². The van der Waals surface area contributed by atoms with Gasteiger partial charge < -0.3 is 29.1 Å². The zero-order valence-corrected chi connectivity index (χ0v) is 24.3. The molecule has 3 heterocycles. The van der Waals surface area contributed by atoms with Crippen LogP contribution in [-0.4, -0.2) is 83.9 Å². The second kappa shape index (κ2) is 13.5. The molecule has 8 nitrogen and oxygen atoms in total. The predicted molar refractivity (Wildman–Crippen MR) is 149 cm³/mol. The number of carbonyl (C=O) groups excluding carboxylic acids is 3. The normalized spacial score (nSPS) is 23.9. The van der Waals surface area contributed by atoms with E-state index in [4.69, 9.17) is 14.6 Å². The van der Waals surface area contributed by atoms with Crippen molar-refractivity contribution in [1.82, 2.24) is 4.90 Å². The number of carboxylic acid groups (broad SMARTS) is 1. The summed E-state index contributed by atoms with van der Waals surface area (Å²) in [5.74, 6) is -3.16. The Morgan fingerprint density at radius 1 is 0.907 bits per heavy atom. The number of halogens is 3. The number of aliphatic carboxylic acids is 1. The fraction of sp³-hybridized carbons (Fsp3) is 0.531. The molecular formula is C32H39F3N2O6. The largest absolute Gasteiger partial charge is 0.542 e. The molecule has 4 fully saturated rings. The number of benzene rings is 2. The third-order valence-electron chi connectivity index (χ3n) is 9.20. The molecule has 2 bridgehead atoms. The highest BCUT2D eigenvalue weighted by molar-refractivity contribution is 5.85. The number of aliphatic hydroxyl groups is 1. The number of alkyl halides is 3. The number of hydrogen-bond donors (Lipinski definition) is 1. The van der Waals surface area contributed by atoms with Gasteiger partial charge in [0.2, 0.25) is 5.60 Å². The summed E-state index contributed by atoms with van der Waals surface area (Å²) in [5, 5.41) is 20.6. The highest BCUT2D eigenvalue weighted by Crippen LogP contribution is 2.38. The summed E-state index contributed by atoms with van der Waals surface area (Å²) >= 11 is 0. The van der Waals surface area contributed by atoms with E-state index in [-0.39, 0.29) is 17.9 Å². The van der Waals surface area contributed by atoms with Crippen molar-refractivity contribution in [1.29, 1.82) is 0 Å². The molecule has 0 radical (unpaired) electrons. The number of hydrogen-bond acceptors (Lipinski definition) is 6. The van der Waals surface area contributed by atoms with Gasteiger partial charge in [-0.05, 0) is 24.0 Å². The Bertz CT molecular complexity index is 1200. The maximum absolute atomic E-state index is 13.7. The first-order valence-electron chi connectivity index (χ1n) is 14.8. The summed E-state index contributed by atoms with van der Waals surface area (Å²) in [7, 11) is 1.96. The minimum Gasteiger partial charge on any atom is -0.542 e. The molecule has 1 aliphatic carbocycles. The van der Waals surface area contributed by atoms with Crippen LogP contribution in [0.4, 0.5) is 13.2 Å². The van der Waals surface area contributed by atoms with Crippen molar-refractivity contribution in [2.75, 3.05) is 33.2 Å². The Balaban J connectivity index is 0.000000541. The third kappa shape index (κ3) is 7.56. The van der Waals surface area contributed by atoms with Gasteiger partial charge in [0.25, 0.3) is 5.91 Å². The van der Waals surface area contributed by atoms with Crippen LogP contribution in [0.15, 0.2) is 60.7 Å². The smallest absolute Gasteiger partial charge is 0.430 e. The first-order chi connectivity index (χ1) is 20.4. The molecule has 1 amide bonds. The Morgan fingerprint density at radius 3 is 1.86 bits per heavy atom. The van der Waals surface area contributed by atoms with E-state index >= 15 is 0 Å². The second-order valence-corrected chi connectivity index (χ2v) is 11.9. The van der Waals surface area contributed by atoms with Crippen LogP contribution < -0.4 is 5.11 Å². The number of fused-ring (bicyclic) bond motifs is 3. The molecule has 2 aromatic carbocycles. The standard InChI is InChI=1S/C30H39N2O4.C2HF3O2/c1-31(26-15-9-4-10-16-26)28(33)22-32-19-17-23(18-20-32)27(21-32)36-29(34)30(35,24-11-5-2-6-12-24)25-13-7-3-8-14-25;3-2(4,5)1(6)7/h2-3,5-8,11-14,23,26-27,35H,4,9-10,15-22H2,1H3;(H,6,7)/q+1;/p-1/t23?,27-,32?;/m0./s1. The van der Waals surface area contributed by atoms with Gasteiger partial charge >= 0.3 is 12.1 Å². The van der Waals surface area contributed by atoms with Crippen LogP contribution in [0.1, 0.15) is 56.1 Å². The van der Waals surface area contributed by atoms with E-state index in [1.807, 2.05) is 48.3 Å². The van der Waals surface area contributed by atoms with Crippen LogP contribution in [0.25, 0.3) is 0 Å². The number of likely N-dealkylation sites (N-methyl/N-ethyl adjacent to an activating group) is 1. The molecule has 2 aromatic rings. The Labute approximate surface area is 249 Å². The van der Waals surface area contributed by atoms with E-state index in [0.717, 1.165) is 38.8 Å². The van der Waals surface area contributed by atoms with Gasteiger partial charge in [0, 0.05) is 31.8 Å². The number of rotatable bonds is 7. The topological polar surface area (TPSA) is 107 Å². The lowest BCUT2D eigenvalue weighted by molar-refractivity contribution is -0.939. The van der Waals surface area contributed by atoms with Crippen molar-refractivity contribution in [3.05, 3.63) is 71.8 Å². The van der Waals surface area contributed by atoms with E-state index in [1.165, 1.54) is 19.3 Å². The molecular weight excluding hydrogens is 565 g/mol. The minimum atomic E-state index is -5.19. The molecule has 1 saturated carbocycles. The van der Waals surface area contributed by atoms with Crippen LogP contribution in [0, 0.1) is 5.92 Å².